The molecule has 2 aromatic rings. The number of benzene rings is 1. The maximum Gasteiger partial charge on any atom is 0.329 e. The second kappa shape index (κ2) is 7.68. The Morgan fingerprint density at radius 2 is 1.77 bits per heavy atom. The predicted octanol–water partition coefficient (Wildman–Crippen LogP) is 1.73. The lowest BCUT2D eigenvalue weighted by atomic mass is 10.1. The van der Waals surface area contributed by atoms with Crippen LogP contribution in [-0.2, 0) is 16.0 Å². The summed E-state index contributed by atoms with van der Waals surface area (Å²) < 4.78 is 0. The van der Waals surface area contributed by atoms with Gasteiger partial charge in [-0.15, -0.1) is 0 Å². The molecule has 0 aliphatic carbocycles. The number of anilines is 1. The maximum atomic E-state index is 11.7. The van der Waals surface area contributed by atoms with Gasteiger partial charge in [0.25, 0.3) is 0 Å². The van der Waals surface area contributed by atoms with Crippen LogP contribution in [0.4, 0.5) is 5.69 Å². The van der Waals surface area contributed by atoms with Crippen molar-refractivity contribution in [3.63, 3.8) is 0 Å². The Labute approximate surface area is 128 Å². The maximum absolute atomic E-state index is 11.7. The van der Waals surface area contributed by atoms with Crippen LogP contribution in [0.15, 0.2) is 53.9 Å². The highest BCUT2D eigenvalue weighted by atomic mass is 16.2. The number of amides is 2. The van der Waals surface area contributed by atoms with Crippen LogP contribution >= 0.6 is 0 Å². The highest BCUT2D eigenvalue weighted by Gasteiger charge is 2.12. The Kier molecular flexibility index (Phi) is 5.37. The monoisotopic (exact) mass is 296 g/mol. The quantitative estimate of drug-likeness (QED) is 0.512. The Hall–Kier alpha value is -3.02. The van der Waals surface area contributed by atoms with Crippen LogP contribution in [0, 0.1) is 0 Å². The fourth-order valence-electron chi connectivity index (χ4n) is 1.68. The molecule has 0 radical (unpaired) electrons. The van der Waals surface area contributed by atoms with Crippen LogP contribution in [0.25, 0.3) is 0 Å². The highest BCUT2D eigenvalue weighted by Crippen LogP contribution is 2.09. The van der Waals surface area contributed by atoms with E-state index in [1.807, 2.05) is 19.1 Å². The molecule has 0 saturated heterocycles. The van der Waals surface area contributed by atoms with Crippen molar-refractivity contribution in [3.05, 3.63) is 59.9 Å². The minimum atomic E-state index is -0.829. The number of hydrazone groups is 1. The Morgan fingerprint density at radius 3 is 2.41 bits per heavy atom. The second-order valence-electron chi connectivity index (χ2n) is 4.48. The SMILES string of the molecule is CCc1ccc(NC(=O)C(=O)N/N=C/c2ccncc2)cc1. The standard InChI is InChI=1S/C16H16N4O2/c1-2-12-3-5-14(6-4-12)19-15(21)16(22)20-18-11-13-7-9-17-10-8-13/h3-11H,2H2,1H3,(H,19,21)(H,20,22)/b18-11+. The fourth-order valence-corrected chi connectivity index (χ4v) is 1.68. The first kappa shape index (κ1) is 15.4. The third-order valence-electron chi connectivity index (χ3n) is 2.91. The van der Waals surface area contributed by atoms with Crippen LogP contribution in [-0.4, -0.2) is 23.0 Å². The zero-order chi connectivity index (χ0) is 15.8. The molecule has 0 bridgehead atoms. The predicted molar refractivity (Wildman–Crippen MR) is 84.4 cm³/mol. The average molecular weight is 296 g/mol. The van der Waals surface area contributed by atoms with Crippen molar-refractivity contribution in [2.24, 2.45) is 5.10 Å². The molecule has 0 spiro atoms. The topological polar surface area (TPSA) is 83.5 Å². The molecule has 1 heterocycles. The summed E-state index contributed by atoms with van der Waals surface area (Å²) in [7, 11) is 0. The van der Waals surface area contributed by atoms with Gasteiger partial charge in [-0.3, -0.25) is 14.6 Å². The van der Waals surface area contributed by atoms with Gasteiger partial charge in [0.2, 0.25) is 0 Å². The molecule has 0 atom stereocenters. The lowest BCUT2D eigenvalue weighted by Crippen LogP contribution is -2.32. The second-order valence-corrected chi connectivity index (χ2v) is 4.48. The molecule has 6 heteroatoms. The van der Waals surface area contributed by atoms with Crippen LogP contribution in [0.5, 0.6) is 0 Å². The third-order valence-corrected chi connectivity index (χ3v) is 2.91. The molecule has 2 N–H and O–H groups in total. The molecule has 2 amide bonds. The van der Waals surface area contributed by atoms with E-state index in [9.17, 15) is 9.59 Å². The highest BCUT2D eigenvalue weighted by molar-refractivity contribution is 6.39. The van der Waals surface area contributed by atoms with Gasteiger partial charge in [-0.1, -0.05) is 19.1 Å². The summed E-state index contributed by atoms with van der Waals surface area (Å²) in [6.45, 7) is 2.04. The molecule has 6 nitrogen and oxygen atoms in total. The Bertz CT molecular complexity index is 666. The number of rotatable bonds is 4. The van der Waals surface area contributed by atoms with Crippen molar-refractivity contribution in [2.45, 2.75) is 13.3 Å². The number of nitrogens with zero attached hydrogens (tertiary/aromatic N) is 2. The number of carbonyl (C=O) groups excluding carboxylic acids is 2. The first-order chi connectivity index (χ1) is 10.7. The molecule has 0 saturated carbocycles. The van der Waals surface area contributed by atoms with E-state index in [0.717, 1.165) is 17.5 Å². The van der Waals surface area contributed by atoms with Crippen molar-refractivity contribution in [1.29, 1.82) is 0 Å². The summed E-state index contributed by atoms with van der Waals surface area (Å²) in [5, 5.41) is 6.23. The lowest BCUT2D eigenvalue weighted by Gasteiger charge is -2.04. The zero-order valence-corrected chi connectivity index (χ0v) is 12.1. The van der Waals surface area contributed by atoms with Crippen molar-refractivity contribution in [1.82, 2.24) is 10.4 Å². The van der Waals surface area contributed by atoms with Gasteiger partial charge in [0.05, 0.1) is 6.21 Å². The largest absolute Gasteiger partial charge is 0.329 e. The van der Waals surface area contributed by atoms with E-state index in [1.54, 1.807) is 36.7 Å². The summed E-state index contributed by atoms with van der Waals surface area (Å²) in [6.07, 6.45) is 5.56. The molecular weight excluding hydrogens is 280 g/mol. The summed E-state index contributed by atoms with van der Waals surface area (Å²) in [5.74, 6) is -1.60. The lowest BCUT2D eigenvalue weighted by molar-refractivity contribution is -0.136. The van der Waals surface area contributed by atoms with E-state index < -0.39 is 11.8 Å². The van der Waals surface area contributed by atoms with E-state index in [2.05, 4.69) is 20.8 Å². The number of carbonyl (C=O) groups is 2. The molecular formula is C16H16N4O2. The Balaban J connectivity index is 1.86. The normalized spacial score (nSPS) is 10.4. The molecule has 1 aromatic heterocycles. The number of pyridine rings is 1. The number of hydrogen-bond donors (Lipinski definition) is 2. The fraction of sp³-hybridized carbons (Fsp3) is 0.125. The van der Waals surface area contributed by atoms with E-state index >= 15 is 0 Å². The number of nitrogens with one attached hydrogen (secondary N) is 2. The van der Waals surface area contributed by atoms with Crippen molar-refractivity contribution in [3.8, 4) is 0 Å². The molecule has 112 valence electrons. The number of hydrogen-bond acceptors (Lipinski definition) is 4. The van der Waals surface area contributed by atoms with Gasteiger partial charge >= 0.3 is 11.8 Å². The zero-order valence-electron chi connectivity index (χ0n) is 12.1. The molecule has 0 fully saturated rings. The molecule has 22 heavy (non-hydrogen) atoms. The van der Waals surface area contributed by atoms with E-state index in [-0.39, 0.29) is 0 Å². The van der Waals surface area contributed by atoms with E-state index in [0.29, 0.717) is 5.69 Å². The van der Waals surface area contributed by atoms with Gasteiger partial charge in [-0.05, 0) is 41.8 Å². The van der Waals surface area contributed by atoms with Crippen molar-refractivity contribution < 1.29 is 9.59 Å². The first-order valence-corrected chi connectivity index (χ1v) is 6.82. The van der Waals surface area contributed by atoms with Gasteiger partial charge in [-0.25, -0.2) is 5.43 Å². The summed E-state index contributed by atoms with van der Waals surface area (Å²) in [4.78, 5) is 27.2. The van der Waals surface area contributed by atoms with Gasteiger partial charge in [0.15, 0.2) is 0 Å². The van der Waals surface area contributed by atoms with E-state index in [1.165, 1.54) is 6.21 Å². The van der Waals surface area contributed by atoms with Crippen LogP contribution < -0.4 is 10.7 Å². The van der Waals surface area contributed by atoms with Crippen LogP contribution in [0.1, 0.15) is 18.1 Å². The smallest absolute Gasteiger partial charge is 0.318 e. The first-order valence-electron chi connectivity index (χ1n) is 6.82. The van der Waals surface area contributed by atoms with Crippen molar-refractivity contribution in [2.75, 3.05) is 5.32 Å². The average Bonchev–Trinajstić information content (AvgIpc) is 2.56. The van der Waals surface area contributed by atoms with Gasteiger partial charge < -0.3 is 5.32 Å². The van der Waals surface area contributed by atoms with E-state index in [4.69, 9.17) is 0 Å². The number of aromatic nitrogens is 1. The van der Waals surface area contributed by atoms with Gasteiger partial charge in [-0.2, -0.15) is 5.10 Å². The van der Waals surface area contributed by atoms with Crippen molar-refractivity contribution >= 4 is 23.7 Å². The summed E-state index contributed by atoms with van der Waals surface area (Å²) in [5.41, 5.74) is 4.66. The minimum absolute atomic E-state index is 0.565. The van der Waals surface area contributed by atoms with Gasteiger partial charge in [0, 0.05) is 18.1 Å². The molecule has 0 aliphatic rings. The molecule has 0 aliphatic heterocycles. The molecule has 2 rings (SSSR count). The summed E-state index contributed by atoms with van der Waals surface area (Å²) in [6, 6.07) is 10.8. The minimum Gasteiger partial charge on any atom is -0.318 e. The molecule has 0 unspecified atom stereocenters. The Morgan fingerprint density at radius 1 is 1.09 bits per heavy atom. The van der Waals surface area contributed by atoms with Gasteiger partial charge in [0.1, 0.15) is 0 Å². The third kappa shape index (κ3) is 4.52. The van der Waals surface area contributed by atoms with Crippen LogP contribution in [0.3, 0.4) is 0 Å². The number of aryl methyl sites for hydroxylation is 1. The summed E-state index contributed by atoms with van der Waals surface area (Å²) >= 11 is 0. The van der Waals surface area contributed by atoms with Crippen LogP contribution in [0.2, 0.25) is 0 Å². The molecule has 1 aromatic carbocycles.